The normalized spacial score (nSPS) is 16.3. The first-order chi connectivity index (χ1) is 12.5. The molecular formula is C19H23N3O3S. The lowest BCUT2D eigenvalue weighted by Crippen LogP contribution is -2.21. The number of thiazole rings is 1. The second-order valence-electron chi connectivity index (χ2n) is 6.40. The van der Waals surface area contributed by atoms with E-state index < -0.39 is 0 Å². The molecule has 6 nitrogen and oxygen atoms in total. The maximum absolute atomic E-state index is 12.1. The van der Waals surface area contributed by atoms with Crippen LogP contribution in [0.1, 0.15) is 42.3 Å². The van der Waals surface area contributed by atoms with Crippen molar-refractivity contribution in [3.8, 4) is 11.5 Å². The number of amides is 1. The van der Waals surface area contributed by atoms with Crippen molar-refractivity contribution in [2.24, 2.45) is 0 Å². The van der Waals surface area contributed by atoms with Crippen LogP contribution in [0.2, 0.25) is 0 Å². The van der Waals surface area contributed by atoms with Crippen molar-refractivity contribution < 1.29 is 14.3 Å². The number of carbonyl (C=O) groups is 1. The van der Waals surface area contributed by atoms with Crippen LogP contribution in [0, 0.1) is 0 Å². The molecule has 2 aromatic rings. The van der Waals surface area contributed by atoms with Gasteiger partial charge in [-0.2, -0.15) is 0 Å². The highest BCUT2D eigenvalue weighted by Crippen LogP contribution is 2.40. The summed E-state index contributed by atoms with van der Waals surface area (Å²) in [6.45, 7) is 4.96. The second-order valence-corrected chi connectivity index (χ2v) is 7.46. The first-order valence-electron chi connectivity index (χ1n) is 8.43. The fourth-order valence-electron chi connectivity index (χ4n) is 2.90. The average molecular weight is 373 g/mol. The summed E-state index contributed by atoms with van der Waals surface area (Å²) in [4.78, 5) is 17.5. The van der Waals surface area contributed by atoms with Gasteiger partial charge in [-0.05, 0) is 37.6 Å². The molecule has 0 fully saturated rings. The van der Waals surface area contributed by atoms with E-state index >= 15 is 0 Å². The second kappa shape index (κ2) is 7.78. The van der Waals surface area contributed by atoms with Gasteiger partial charge >= 0.3 is 0 Å². The third-order valence-electron chi connectivity index (χ3n) is 4.22. The fourth-order valence-corrected chi connectivity index (χ4v) is 3.88. The summed E-state index contributed by atoms with van der Waals surface area (Å²) >= 11 is 1.44. The van der Waals surface area contributed by atoms with E-state index in [1.165, 1.54) is 16.9 Å². The van der Waals surface area contributed by atoms with Crippen molar-refractivity contribution in [3.05, 3.63) is 46.0 Å². The van der Waals surface area contributed by atoms with Crippen LogP contribution in [0.25, 0.3) is 0 Å². The van der Waals surface area contributed by atoms with E-state index in [0.29, 0.717) is 36.2 Å². The number of allylic oxidation sites excluding steroid dienone is 1. The number of anilines is 1. The lowest BCUT2D eigenvalue weighted by molar-refractivity contribution is -0.121. The Labute approximate surface area is 157 Å². The number of ether oxygens (including phenoxy) is 2. The summed E-state index contributed by atoms with van der Waals surface area (Å²) in [6, 6.07) is 5.80. The molecule has 3 rings (SSSR count). The molecule has 0 spiro atoms. The molecule has 1 aliphatic heterocycles. The Hall–Kier alpha value is -2.54. The van der Waals surface area contributed by atoms with E-state index in [1.54, 1.807) is 7.11 Å². The summed E-state index contributed by atoms with van der Waals surface area (Å²) in [5.74, 6) is 1.23. The zero-order valence-electron chi connectivity index (χ0n) is 15.2. The summed E-state index contributed by atoms with van der Waals surface area (Å²) in [5, 5.41) is 3.40. The predicted molar refractivity (Wildman–Crippen MR) is 103 cm³/mol. The van der Waals surface area contributed by atoms with Crippen molar-refractivity contribution in [2.45, 2.75) is 32.7 Å². The number of nitrogens with one attached hydrogen (secondary N) is 1. The van der Waals surface area contributed by atoms with Gasteiger partial charge in [0.25, 0.3) is 0 Å². The van der Waals surface area contributed by atoms with E-state index in [4.69, 9.17) is 15.2 Å². The Morgan fingerprint density at radius 1 is 1.42 bits per heavy atom. The molecule has 1 aromatic carbocycles. The van der Waals surface area contributed by atoms with E-state index in [0.717, 1.165) is 16.1 Å². The topological polar surface area (TPSA) is 86.5 Å². The Morgan fingerprint density at radius 2 is 2.23 bits per heavy atom. The first-order valence-corrected chi connectivity index (χ1v) is 9.25. The van der Waals surface area contributed by atoms with Crippen LogP contribution in [-0.2, 0) is 11.3 Å². The SMILES string of the molecule is COc1cc(C2CC(=O)NCc3nc(N)sc32)ccc1OCC=C(C)C. The molecule has 0 saturated carbocycles. The molecule has 2 heterocycles. The third kappa shape index (κ3) is 3.99. The number of nitrogen functional groups attached to an aromatic ring is 1. The summed E-state index contributed by atoms with van der Waals surface area (Å²) in [5.41, 5.74) is 8.91. The summed E-state index contributed by atoms with van der Waals surface area (Å²) < 4.78 is 11.3. The third-order valence-corrected chi connectivity index (χ3v) is 5.26. The van der Waals surface area contributed by atoms with Gasteiger partial charge in [-0.1, -0.05) is 11.6 Å². The summed E-state index contributed by atoms with van der Waals surface area (Å²) in [6.07, 6.45) is 2.37. The zero-order valence-corrected chi connectivity index (χ0v) is 16.0. The van der Waals surface area contributed by atoms with Crippen molar-refractivity contribution >= 4 is 22.4 Å². The van der Waals surface area contributed by atoms with Gasteiger partial charge < -0.3 is 20.5 Å². The van der Waals surface area contributed by atoms with Crippen LogP contribution in [0.3, 0.4) is 0 Å². The zero-order chi connectivity index (χ0) is 18.7. The van der Waals surface area contributed by atoms with Gasteiger partial charge in [-0.15, -0.1) is 11.3 Å². The number of nitrogens with zero attached hydrogens (tertiary/aromatic N) is 1. The predicted octanol–water partition coefficient (Wildman–Crippen LogP) is 3.23. The molecule has 1 unspecified atom stereocenters. The Morgan fingerprint density at radius 3 is 2.96 bits per heavy atom. The Bertz CT molecular complexity index is 841. The maximum atomic E-state index is 12.1. The lowest BCUT2D eigenvalue weighted by atomic mass is 9.93. The molecule has 26 heavy (non-hydrogen) atoms. The molecule has 7 heteroatoms. The average Bonchev–Trinajstić information content (AvgIpc) is 2.91. The van der Waals surface area contributed by atoms with Gasteiger partial charge in [0.2, 0.25) is 5.91 Å². The molecular weight excluding hydrogens is 350 g/mol. The number of hydrogen-bond donors (Lipinski definition) is 2. The minimum absolute atomic E-state index is 0.00150. The minimum Gasteiger partial charge on any atom is -0.493 e. The maximum Gasteiger partial charge on any atom is 0.221 e. The molecule has 0 aliphatic carbocycles. The number of hydrogen-bond acceptors (Lipinski definition) is 6. The number of nitrogens with two attached hydrogens (primary N) is 1. The van der Waals surface area contributed by atoms with Gasteiger partial charge in [0.05, 0.1) is 19.3 Å². The number of benzene rings is 1. The van der Waals surface area contributed by atoms with Gasteiger partial charge in [0, 0.05) is 17.2 Å². The van der Waals surface area contributed by atoms with E-state index in [-0.39, 0.29) is 11.8 Å². The van der Waals surface area contributed by atoms with Crippen molar-refractivity contribution in [2.75, 3.05) is 19.5 Å². The van der Waals surface area contributed by atoms with Crippen LogP contribution < -0.4 is 20.5 Å². The van der Waals surface area contributed by atoms with Crippen LogP contribution in [0.5, 0.6) is 11.5 Å². The number of rotatable bonds is 5. The molecule has 1 aromatic heterocycles. The van der Waals surface area contributed by atoms with Crippen LogP contribution >= 0.6 is 11.3 Å². The van der Waals surface area contributed by atoms with Crippen LogP contribution in [0.15, 0.2) is 29.8 Å². The van der Waals surface area contributed by atoms with Gasteiger partial charge in [-0.25, -0.2) is 4.98 Å². The number of carbonyl (C=O) groups excluding carboxylic acids is 1. The van der Waals surface area contributed by atoms with Gasteiger partial charge in [0.15, 0.2) is 16.6 Å². The Kier molecular flexibility index (Phi) is 5.46. The van der Waals surface area contributed by atoms with Gasteiger partial charge in [0.1, 0.15) is 6.61 Å². The summed E-state index contributed by atoms with van der Waals surface area (Å²) in [7, 11) is 1.61. The van der Waals surface area contributed by atoms with Crippen LogP contribution in [0.4, 0.5) is 5.13 Å². The van der Waals surface area contributed by atoms with Crippen molar-refractivity contribution in [1.29, 1.82) is 0 Å². The highest BCUT2D eigenvalue weighted by Gasteiger charge is 2.28. The van der Waals surface area contributed by atoms with Crippen LogP contribution in [-0.4, -0.2) is 24.6 Å². The Balaban J connectivity index is 1.92. The highest BCUT2D eigenvalue weighted by atomic mass is 32.1. The molecule has 3 N–H and O–H groups in total. The highest BCUT2D eigenvalue weighted by molar-refractivity contribution is 7.15. The number of fused-ring (bicyclic) bond motifs is 1. The standard InChI is InChI=1S/C19H23N3O3S/c1-11(2)6-7-25-15-5-4-12(8-16(15)24-3)13-9-17(23)21-10-14-18(13)26-19(20)22-14/h4-6,8,13H,7,9-10H2,1-3H3,(H2,20,22)(H,21,23). The smallest absolute Gasteiger partial charge is 0.221 e. The van der Waals surface area contributed by atoms with E-state index in [2.05, 4.69) is 10.3 Å². The molecule has 1 atom stereocenters. The lowest BCUT2D eigenvalue weighted by Gasteiger charge is -2.17. The van der Waals surface area contributed by atoms with Gasteiger partial charge in [-0.3, -0.25) is 4.79 Å². The van der Waals surface area contributed by atoms with E-state index in [1.807, 2.05) is 38.1 Å². The van der Waals surface area contributed by atoms with E-state index in [9.17, 15) is 4.79 Å². The minimum atomic E-state index is -0.0944. The molecule has 0 bridgehead atoms. The molecule has 0 radical (unpaired) electrons. The largest absolute Gasteiger partial charge is 0.493 e. The number of aromatic nitrogens is 1. The van der Waals surface area contributed by atoms with Crippen molar-refractivity contribution in [1.82, 2.24) is 10.3 Å². The molecule has 1 aliphatic rings. The van der Waals surface area contributed by atoms with Crippen molar-refractivity contribution in [3.63, 3.8) is 0 Å². The molecule has 0 saturated heterocycles. The monoisotopic (exact) mass is 373 g/mol. The quantitative estimate of drug-likeness (QED) is 0.786. The first kappa shape index (κ1) is 18.3. The fraction of sp³-hybridized carbons (Fsp3) is 0.368. The molecule has 138 valence electrons. The number of methoxy groups -OCH3 is 1. The molecule has 1 amide bonds.